The highest BCUT2D eigenvalue weighted by molar-refractivity contribution is 7.25. The lowest BCUT2D eigenvalue weighted by atomic mass is 9.84. The quantitative estimate of drug-likeness (QED) is 0.283. The van der Waals surface area contributed by atoms with E-state index in [1.807, 2.05) is 29.5 Å². The molecule has 4 aromatic carbocycles. The minimum Gasteiger partial charge on any atom is -0.192 e. The molecule has 0 bridgehead atoms. The summed E-state index contributed by atoms with van der Waals surface area (Å²) in [5.41, 5.74) is 4.57. The Morgan fingerprint density at radius 3 is 2.31 bits per heavy atom. The van der Waals surface area contributed by atoms with Gasteiger partial charge in [-0.3, -0.25) is 0 Å². The van der Waals surface area contributed by atoms with Crippen LogP contribution in [0.3, 0.4) is 0 Å². The summed E-state index contributed by atoms with van der Waals surface area (Å²) in [7, 11) is 0. The number of nitriles is 1. The second kappa shape index (κ2) is 6.44. The lowest BCUT2D eigenvalue weighted by Crippen LogP contribution is -2.11. The van der Waals surface area contributed by atoms with Crippen molar-refractivity contribution in [3.8, 4) is 17.2 Å². The molecular formula is C27H21NS. The van der Waals surface area contributed by atoms with Crippen molar-refractivity contribution in [1.82, 2.24) is 0 Å². The lowest BCUT2D eigenvalue weighted by Gasteiger charge is -2.20. The molecule has 0 fully saturated rings. The van der Waals surface area contributed by atoms with Gasteiger partial charge in [0.1, 0.15) is 0 Å². The zero-order valence-corrected chi connectivity index (χ0v) is 17.6. The average Bonchev–Trinajstić information content (AvgIpc) is 3.10. The number of nitrogens with zero attached hydrogens (tertiary/aromatic N) is 1. The molecule has 1 aromatic heterocycles. The van der Waals surface area contributed by atoms with Gasteiger partial charge in [-0.05, 0) is 51.8 Å². The first kappa shape index (κ1) is 17.9. The monoisotopic (exact) mass is 391 g/mol. The van der Waals surface area contributed by atoms with Crippen LogP contribution in [-0.2, 0) is 5.41 Å². The summed E-state index contributed by atoms with van der Waals surface area (Å²) >= 11 is 1.86. The number of thiophene rings is 1. The van der Waals surface area contributed by atoms with Crippen LogP contribution in [0.5, 0.6) is 0 Å². The zero-order valence-electron chi connectivity index (χ0n) is 16.8. The summed E-state index contributed by atoms with van der Waals surface area (Å²) in [6, 6.07) is 28.0. The van der Waals surface area contributed by atoms with Crippen LogP contribution in [0.2, 0.25) is 0 Å². The third kappa shape index (κ3) is 2.82. The predicted octanol–water partition coefficient (Wildman–Crippen LogP) is 8.04. The van der Waals surface area contributed by atoms with E-state index >= 15 is 0 Å². The Kier molecular flexibility index (Phi) is 3.98. The first-order valence-electron chi connectivity index (χ1n) is 9.85. The van der Waals surface area contributed by atoms with E-state index in [0.717, 1.165) is 16.3 Å². The van der Waals surface area contributed by atoms with Gasteiger partial charge in [-0.2, -0.15) is 5.26 Å². The Labute approximate surface area is 174 Å². The molecule has 1 heterocycles. The molecule has 0 aliphatic heterocycles. The second-order valence-corrected chi connectivity index (χ2v) is 9.64. The molecule has 0 aliphatic rings. The Bertz CT molecular complexity index is 1440. The summed E-state index contributed by atoms with van der Waals surface area (Å²) in [5, 5.41) is 14.3. The van der Waals surface area contributed by atoms with Crippen molar-refractivity contribution < 1.29 is 0 Å². The summed E-state index contributed by atoms with van der Waals surface area (Å²) in [5.74, 6) is 0. The molecule has 0 saturated heterocycles. The number of hydrogen-bond donors (Lipinski definition) is 0. The minimum absolute atomic E-state index is 0.0880. The predicted molar refractivity (Wildman–Crippen MR) is 126 cm³/mol. The summed E-state index contributed by atoms with van der Waals surface area (Å²) in [6.45, 7) is 6.84. The van der Waals surface area contributed by atoms with Crippen molar-refractivity contribution in [1.29, 1.82) is 5.26 Å². The van der Waals surface area contributed by atoms with Crippen LogP contribution >= 0.6 is 11.3 Å². The van der Waals surface area contributed by atoms with E-state index in [0.29, 0.717) is 0 Å². The first-order chi connectivity index (χ1) is 14.0. The fourth-order valence-electron chi connectivity index (χ4n) is 4.28. The van der Waals surface area contributed by atoms with Gasteiger partial charge in [0.2, 0.25) is 0 Å². The molecule has 0 amide bonds. The molecule has 5 rings (SSSR count). The molecule has 1 nitrogen and oxygen atoms in total. The smallest absolute Gasteiger partial charge is 0.0998 e. The molecule has 0 aliphatic carbocycles. The standard InChI is InChI=1S/C27H21NS/c1-27(2,3)23-11-6-12-25-26(23)22-15-17(13-14-24(22)29-25)19-8-5-9-20-18(16-28)7-4-10-21(19)20/h4-15H,1-3H3. The Hall–Kier alpha value is -3.15. The molecule has 0 radical (unpaired) electrons. The summed E-state index contributed by atoms with van der Waals surface area (Å²) in [4.78, 5) is 0. The minimum atomic E-state index is 0.0880. The van der Waals surface area contributed by atoms with Gasteiger partial charge >= 0.3 is 0 Å². The Balaban J connectivity index is 1.84. The SMILES string of the molecule is CC(C)(C)c1cccc2sc3ccc(-c4cccc5c(C#N)cccc45)cc3c12. The van der Waals surface area contributed by atoms with Crippen LogP contribution in [0.4, 0.5) is 0 Å². The van der Waals surface area contributed by atoms with Crippen LogP contribution < -0.4 is 0 Å². The van der Waals surface area contributed by atoms with Gasteiger partial charge < -0.3 is 0 Å². The maximum Gasteiger partial charge on any atom is 0.0998 e. The van der Waals surface area contributed by atoms with Crippen LogP contribution in [0, 0.1) is 11.3 Å². The highest BCUT2D eigenvalue weighted by atomic mass is 32.1. The van der Waals surface area contributed by atoms with Crippen molar-refractivity contribution >= 4 is 42.3 Å². The molecule has 2 heteroatoms. The van der Waals surface area contributed by atoms with Crippen LogP contribution in [0.15, 0.2) is 72.8 Å². The average molecular weight is 392 g/mol. The summed E-state index contributed by atoms with van der Waals surface area (Å²) < 4.78 is 2.66. The molecule has 29 heavy (non-hydrogen) atoms. The topological polar surface area (TPSA) is 23.8 Å². The molecule has 0 unspecified atom stereocenters. The molecule has 0 spiro atoms. The fourth-order valence-corrected chi connectivity index (χ4v) is 5.39. The van der Waals surface area contributed by atoms with Crippen LogP contribution in [0.25, 0.3) is 42.1 Å². The third-order valence-corrected chi connectivity index (χ3v) is 6.79. The van der Waals surface area contributed by atoms with E-state index in [-0.39, 0.29) is 5.41 Å². The van der Waals surface area contributed by atoms with E-state index in [1.165, 1.54) is 36.9 Å². The van der Waals surface area contributed by atoms with Gasteiger partial charge in [0.15, 0.2) is 0 Å². The highest BCUT2D eigenvalue weighted by Crippen LogP contribution is 2.42. The number of fused-ring (bicyclic) bond motifs is 4. The van der Waals surface area contributed by atoms with Crippen molar-refractivity contribution in [2.24, 2.45) is 0 Å². The van der Waals surface area contributed by atoms with E-state index in [9.17, 15) is 5.26 Å². The molecule has 0 N–H and O–H groups in total. The van der Waals surface area contributed by atoms with Crippen molar-refractivity contribution in [2.45, 2.75) is 26.2 Å². The number of benzene rings is 4. The van der Waals surface area contributed by atoms with Gasteiger partial charge in [-0.15, -0.1) is 11.3 Å². The van der Waals surface area contributed by atoms with Gasteiger partial charge in [-0.1, -0.05) is 69.3 Å². The Morgan fingerprint density at radius 2 is 1.52 bits per heavy atom. The normalized spacial score (nSPS) is 11.9. The fraction of sp³-hybridized carbons (Fsp3) is 0.148. The van der Waals surface area contributed by atoms with Crippen molar-refractivity contribution in [2.75, 3.05) is 0 Å². The molecule has 140 valence electrons. The maximum absolute atomic E-state index is 9.49. The lowest BCUT2D eigenvalue weighted by molar-refractivity contribution is 0.596. The number of hydrogen-bond acceptors (Lipinski definition) is 2. The summed E-state index contributed by atoms with van der Waals surface area (Å²) in [6.07, 6.45) is 0. The Morgan fingerprint density at radius 1 is 0.759 bits per heavy atom. The van der Waals surface area contributed by atoms with E-state index in [2.05, 4.69) is 81.4 Å². The van der Waals surface area contributed by atoms with Gasteiger partial charge in [0.05, 0.1) is 11.6 Å². The van der Waals surface area contributed by atoms with Gasteiger partial charge in [-0.25, -0.2) is 0 Å². The third-order valence-electron chi connectivity index (χ3n) is 5.66. The zero-order chi connectivity index (χ0) is 20.2. The van der Waals surface area contributed by atoms with E-state index in [1.54, 1.807) is 0 Å². The van der Waals surface area contributed by atoms with Gasteiger partial charge in [0, 0.05) is 25.6 Å². The largest absolute Gasteiger partial charge is 0.192 e. The van der Waals surface area contributed by atoms with Crippen LogP contribution in [0.1, 0.15) is 31.9 Å². The van der Waals surface area contributed by atoms with Gasteiger partial charge in [0.25, 0.3) is 0 Å². The van der Waals surface area contributed by atoms with E-state index in [4.69, 9.17) is 0 Å². The molecule has 0 saturated carbocycles. The number of rotatable bonds is 1. The highest BCUT2D eigenvalue weighted by Gasteiger charge is 2.20. The van der Waals surface area contributed by atoms with E-state index < -0.39 is 0 Å². The van der Waals surface area contributed by atoms with Crippen molar-refractivity contribution in [3.05, 3.63) is 83.9 Å². The molecule has 0 atom stereocenters. The molecule has 5 aromatic rings. The second-order valence-electron chi connectivity index (χ2n) is 8.56. The maximum atomic E-state index is 9.49. The molecular weight excluding hydrogens is 370 g/mol. The van der Waals surface area contributed by atoms with Crippen LogP contribution in [-0.4, -0.2) is 0 Å². The first-order valence-corrected chi connectivity index (χ1v) is 10.7. The van der Waals surface area contributed by atoms with Crippen molar-refractivity contribution in [3.63, 3.8) is 0 Å².